The molecule has 3 nitrogen and oxygen atoms in total. The Kier molecular flexibility index (Phi) is 7.00. The molecule has 0 aromatic heterocycles. The largest absolute Gasteiger partial charge is 0.342 e. The summed E-state index contributed by atoms with van der Waals surface area (Å²) in [5.74, 6) is -0.253. The van der Waals surface area contributed by atoms with E-state index in [0.29, 0.717) is 18.2 Å². The lowest BCUT2D eigenvalue weighted by Crippen LogP contribution is -2.42. The average molecular weight is 286 g/mol. The van der Waals surface area contributed by atoms with Crippen LogP contribution in [0.15, 0.2) is 61.7 Å². The molecule has 0 fully saturated rings. The number of benzene rings is 1. The number of nitrogens with one attached hydrogen (secondary N) is 1. The Hall–Kier alpha value is -2.20. The molecular weight excluding hydrogens is 268 g/mol. The van der Waals surface area contributed by atoms with E-state index < -0.39 is 0 Å². The summed E-state index contributed by atoms with van der Waals surface area (Å²) in [5, 5.41) is 3.02. The van der Waals surface area contributed by atoms with E-state index in [2.05, 4.69) is 18.5 Å². The number of rotatable bonds is 6. The Labute approximate surface area is 125 Å². The van der Waals surface area contributed by atoms with Crippen molar-refractivity contribution >= 4 is 29.3 Å². The van der Waals surface area contributed by atoms with Crippen molar-refractivity contribution < 1.29 is 4.79 Å². The van der Waals surface area contributed by atoms with E-state index in [4.69, 9.17) is 12.2 Å². The van der Waals surface area contributed by atoms with Crippen LogP contribution in [0.2, 0.25) is 0 Å². The van der Waals surface area contributed by atoms with Gasteiger partial charge in [-0.15, -0.1) is 13.2 Å². The third kappa shape index (κ3) is 5.63. The molecule has 0 aliphatic heterocycles. The highest BCUT2D eigenvalue weighted by Crippen LogP contribution is 2.00. The molecule has 20 heavy (non-hydrogen) atoms. The minimum Gasteiger partial charge on any atom is -0.342 e. The molecule has 1 N–H and O–H groups in total. The highest BCUT2D eigenvalue weighted by Gasteiger charge is 2.08. The number of carbonyl (C=O) groups excluding carboxylic acids is 1. The predicted octanol–water partition coefficient (Wildman–Crippen LogP) is 2.77. The highest BCUT2D eigenvalue weighted by molar-refractivity contribution is 7.80. The van der Waals surface area contributed by atoms with Crippen LogP contribution in [0.25, 0.3) is 6.08 Å². The van der Waals surface area contributed by atoms with Gasteiger partial charge in [0.15, 0.2) is 5.11 Å². The van der Waals surface area contributed by atoms with Crippen molar-refractivity contribution in [3.8, 4) is 0 Å². The van der Waals surface area contributed by atoms with Gasteiger partial charge in [-0.1, -0.05) is 42.5 Å². The first kappa shape index (κ1) is 15.9. The quantitative estimate of drug-likeness (QED) is 0.496. The first-order valence-electron chi connectivity index (χ1n) is 6.22. The molecular formula is C16H18N2OS. The van der Waals surface area contributed by atoms with Crippen LogP contribution in [-0.2, 0) is 4.79 Å². The molecule has 0 saturated heterocycles. The van der Waals surface area contributed by atoms with Crippen molar-refractivity contribution in [3.05, 3.63) is 67.3 Å². The molecule has 0 unspecified atom stereocenters. The average Bonchev–Trinajstić information content (AvgIpc) is 2.46. The molecule has 104 valence electrons. The van der Waals surface area contributed by atoms with E-state index in [1.807, 2.05) is 30.3 Å². The van der Waals surface area contributed by atoms with Crippen LogP contribution in [0.4, 0.5) is 0 Å². The molecule has 1 rings (SSSR count). The lowest BCUT2D eigenvalue weighted by molar-refractivity contribution is -0.115. The van der Waals surface area contributed by atoms with E-state index in [9.17, 15) is 4.79 Å². The van der Waals surface area contributed by atoms with Gasteiger partial charge in [0.1, 0.15) is 0 Å². The lowest BCUT2D eigenvalue weighted by atomic mass is 10.2. The molecule has 1 aromatic carbocycles. The van der Waals surface area contributed by atoms with Crippen LogP contribution in [0, 0.1) is 0 Å². The van der Waals surface area contributed by atoms with Crippen LogP contribution in [-0.4, -0.2) is 29.0 Å². The number of nitrogens with zero attached hydrogens (tertiary/aromatic N) is 1. The smallest absolute Gasteiger partial charge is 0.250 e. The molecule has 0 saturated carbocycles. The van der Waals surface area contributed by atoms with E-state index in [1.54, 1.807) is 23.1 Å². The van der Waals surface area contributed by atoms with Crippen LogP contribution in [0.3, 0.4) is 0 Å². The van der Waals surface area contributed by atoms with Crippen LogP contribution >= 0.6 is 12.2 Å². The van der Waals surface area contributed by atoms with Crippen molar-refractivity contribution in [1.29, 1.82) is 0 Å². The van der Waals surface area contributed by atoms with Gasteiger partial charge < -0.3 is 4.90 Å². The van der Waals surface area contributed by atoms with Crippen molar-refractivity contribution in [2.75, 3.05) is 13.1 Å². The van der Waals surface area contributed by atoms with Crippen molar-refractivity contribution in [2.24, 2.45) is 0 Å². The van der Waals surface area contributed by atoms with Gasteiger partial charge in [-0.25, -0.2) is 0 Å². The number of amides is 1. The third-order valence-corrected chi connectivity index (χ3v) is 2.80. The molecule has 0 heterocycles. The zero-order valence-corrected chi connectivity index (χ0v) is 12.1. The molecule has 0 atom stereocenters. The van der Waals surface area contributed by atoms with Gasteiger partial charge >= 0.3 is 0 Å². The van der Waals surface area contributed by atoms with Gasteiger partial charge in [-0.05, 0) is 23.9 Å². The number of thiocarbonyl (C=S) groups is 1. The van der Waals surface area contributed by atoms with Gasteiger partial charge in [0.05, 0.1) is 0 Å². The van der Waals surface area contributed by atoms with E-state index in [-0.39, 0.29) is 5.91 Å². The van der Waals surface area contributed by atoms with Crippen molar-refractivity contribution in [3.63, 3.8) is 0 Å². The van der Waals surface area contributed by atoms with Gasteiger partial charge in [0, 0.05) is 19.2 Å². The standard InChI is InChI=1S/C16H18N2OS/c1-3-12-18(13-4-2)16(20)17-15(19)11-10-14-8-6-5-7-9-14/h3-11H,1-2,12-13H2,(H,17,19,20)/b11-10-. The Morgan fingerprint density at radius 2 is 1.80 bits per heavy atom. The second kappa shape index (κ2) is 8.82. The Bertz CT molecular complexity index is 498. The summed E-state index contributed by atoms with van der Waals surface area (Å²) in [4.78, 5) is 13.6. The van der Waals surface area contributed by atoms with E-state index >= 15 is 0 Å². The van der Waals surface area contributed by atoms with Crippen molar-refractivity contribution in [2.45, 2.75) is 0 Å². The maximum absolute atomic E-state index is 11.8. The SMILES string of the molecule is C=CCN(CC=C)C(=S)NC(=O)/C=C\c1ccccc1. The fraction of sp³-hybridized carbons (Fsp3) is 0.125. The molecule has 0 radical (unpaired) electrons. The summed E-state index contributed by atoms with van der Waals surface area (Å²) in [6.45, 7) is 8.44. The number of carbonyl (C=O) groups is 1. The summed E-state index contributed by atoms with van der Waals surface area (Å²) in [6.07, 6.45) is 6.65. The molecule has 0 bridgehead atoms. The van der Waals surface area contributed by atoms with Crippen LogP contribution in [0.1, 0.15) is 5.56 Å². The summed E-state index contributed by atoms with van der Waals surface area (Å²) >= 11 is 5.18. The maximum atomic E-state index is 11.8. The Morgan fingerprint density at radius 1 is 1.20 bits per heavy atom. The zero-order chi connectivity index (χ0) is 14.8. The van der Waals surface area contributed by atoms with Crippen LogP contribution in [0.5, 0.6) is 0 Å². The topological polar surface area (TPSA) is 32.3 Å². The number of hydrogen-bond donors (Lipinski definition) is 1. The fourth-order valence-corrected chi connectivity index (χ4v) is 1.76. The van der Waals surface area contributed by atoms with E-state index in [0.717, 1.165) is 5.56 Å². The highest BCUT2D eigenvalue weighted by atomic mass is 32.1. The third-order valence-electron chi connectivity index (χ3n) is 2.44. The monoisotopic (exact) mass is 286 g/mol. The molecule has 1 amide bonds. The maximum Gasteiger partial charge on any atom is 0.250 e. The number of hydrogen-bond acceptors (Lipinski definition) is 2. The van der Waals surface area contributed by atoms with Gasteiger partial charge in [0.2, 0.25) is 5.91 Å². The van der Waals surface area contributed by atoms with Crippen LogP contribution < -0.4 is 5.32 Å². The second-order valence-corrected chi connectivity index (χ2v) is 4.41. The van der Waals surface area contributed by atoms with E-state index in [1.165, 1.54) is 6.08 Å². The van der Waals surface area contributed by atoms with Gasteiger partial charge in [-0.2, -0.15) is 0 Å². The lowest BCUT2D eigenvalue weighted by Gasteiger charge is -2.21. The molecule has 0 spiro atoms. The minimum absolute atomic E-state index is 0.253. The normalized spacial score (nSPS) is 10.0. The molecule has 1 aromatic rings. The summed E-state index contributed by atoms with van der Waals surface area (Å²) < 4.78 is 0. The first-order chi connectivity index (χ1) is 9.67. The first-order valence-corrected chi connectivity index (χ1v) is 6.63. The summed E-state index contributed by atoms with van der Waals surface area (Å²) in [5.41, 5.74) is 0.961. The molecule has 4 heteroatoms. The fourth-order valence-electron chi connectivity index (χ4n) is 1.51. The Morgan fingerprint density at radius 3 is 2.35 bits per heavy atom. The summed E-state index contributed by atoms with van der Waals surface area (Å²) in [7, 11) is 0. The molecule has 0 aliphatic carbocycles. The summed E-state index contributed by atoms with van der Waals surface area (Å²) in [6, 6.07) is 9.60. The predicted molar refractivity (Wildman–Crippen MR) is 88.2 cm³/mol. The molecule has 0 aliphatic rings. The minimum atomic E-state index is -0.253. The van der Waals surface area contributed by atoms with Gasteiger partial charge in [0.25, 0.3) is 0 Å². The second-order valence-electron chi connectivity index (χ2n) is 4.02. The zero-order valence-electron chi connectivity index (χ0n) is 11.3. The Balaban J connectivity index is 2.56. The van der Waals surface area contributed by atoms with Gasteiger partial charge in [-0.3, -0.25) is 10.1 Å². The van der Waals surface area contributed by atoms with Crippen molar-refractivity contribution in [1.82, 2.24) is 10.2 Å².